The van der Waals surface area contributed by atoms with E-state index in [-0.39, 0.29) is 29.7 Å². The van der Waals surface area contributed by atoms with Crippen molar-refractivity contribution in [3.05, 3.63) is 24.3 Å². The van der Waals surface area contributed by atoms with Crippen LogP contribution in [-0.4, -0.2) is 44.2 Å². The minimum Gasteiger partial charge on any atom is -0.378 e. The van der Waals surface area contributed by atoms with Gasteiger partial charge in [0, 0.05) is 31.0 Å². The maximum atomic E-state index is 12.8. The number of rotatable bonds is 5. The average molecular weight is 373 g/mol. The molecule has 0 atom stereocenters. The van der Waals surface area contributed by atoms with Crippen LogP contribution in [0.3, 0.4) is 0 Å². The zero-order chi connectivity index (χ0) is 19.2. The molecule has 0 radical (unpaired) electrons. The summed E-state index contributed by atoms with van der Waals surface area (Å²) in [5, 5.41) is 6.12. The summed E-state index contributed by atoms with van der Waals surface area (Å²) in [6.07, 6.45) is 3.09. The summed E-state index contributed by atoms with van der Waals surface area (Å²) in [5.74, 6) is 0.211. The third-order valence-electron chi connectivity index (χ3n) is 5.41. The predicted molar refractivity (Wildman–Crippen MR) is 107 cm³/mol. The number of ether oxygens (including phenoxy) is 1. The van der Waals surface area contributed by atoms with Gasteiger partial charge in [0.25, 0.3) is 0 Å². The van der Waals surface area contributed by atoms with Gasteiger partial charge < -0.3 is 20.3 Å². The van der Waals surface area contributed by atoms with Crippen LogP contribution >= 0.6 is 0 Å². The second-order valence-electron chi connectivity index (χ2n) is 7.82. The van der Waals surface area contributed by atoms with Crippen molar-refractivity contribution in [2.45, 2.75) is 45.6 Å². The molecule has 1 aromatic carbocycles. The maximum Gasteiger partial charge on any atom is 0.227 e. The summed E-state index contributed by atoms with van der Waals surface area (Å²) in [6, 6.07) is 8.12. The quantitative estimate of drug-likeness (QED) is 0.833. The molecule has 6 heteroatoms. The summed E-state index contributed by atoms with van der Waals surface area (Å²) in [6.45, 7) is 7.05. The van der Waals surface area contributed by atoms with Crippen molar-refractivity contribution in [1.82, 2.24) is 5.32 Å². The van der Waals surface area contributed by atoms with E-state index in [2.05, 4.69) is 15.5 Å². The van der Waals surface area contributed by atoms with Gasteiger partial charge in [-0.3, -0.25) is 9.59 Å². The molecule has 1 saturated carbocycles. The first-order valence-electron chi connectivity index (χ1n) is 10.1. The normalized spacial score (nSPS) is 23.1. The third-order valence-corrected chi connectivity index (χ3v) is 5.41. The van der Waals surface area contributed by atoms with Crippen molar-refractivity contribution >= 4 is 23.2 Å². The number of para-hydroxylation sites is 2. The molecule has 2 N–H and O–H groups in total. The molecule has 148 valence electrons. The van der Waals surface area contributed by atoms with Gasteiger partial charge in [-0.15, -0.1) is 0 Å². The Bertz CT molecular complexity index is 648. The molecule has 0 aromatic heterocycles. The fourth-order valence-electron chi connectivity index (χ4n) is 3.91. The summed E-state index contributed by atoms with van der Waals surface area (Å²) in [4.78, 5) is 27.2. The van der Waals surface area contributed by atoms with Gasteiger partial charge in [-0.05, 0) is 51.7 Å². The van der Waals surface area contributed by atoms with Crippen LogP contribution in [0.15, 0.2) is 24.3 Å². The lowest BCUT2D eigenvalue weighted by atomic mass is 9.81. The number of nitrogens with zero attached hydrogens (tertiary/aromatic N) is 1. The predicted octanol–water partition coefficient (Wildman–Crippen LogP) is 2.79. The van der Waals surface area contributed by atoms with Gasteiger partial charge in [0.05, 0.1) is 24.6 Å². The maximum absolute atomic E-state index is 12.8. The highest BCUT2D eigenvalue weighted by Gasteiger charge is 2.30. The van der Waals surface area contributed by atoms with Gasteiger partial charge in [-0.1, -0.05) is 12.1 Å². The van der Waals surface area contributed by atoms with Gasteiger partial charge >= 0.3 is 0 Å². The molecule has 1 heterocycles. The first kappa shape index (κ1) is 19.7. The van der Waals surface area contributed by atoms with E-state index >= 15 is 0 Å². The molecule has 2 amide bonds. The monoisotopic (exact) mass is 373 g/mol. The summed E-state index contributed by atoms with van der Waals surface area (Å²) < 4.78 is 5.43. The van der Waals surface area contributed by atoms with Crippen LogP contribution in [0.5, 0.6) is 0 Å². The second-order valence-corrected chi connectivity index (χ2v) is 7.82. The Hall–Kier alpha value is -2.08. The van der Waals surface area contributed by atoms with Gasteiger partial charge in [0.15, 0.2) is 0 Å². The van der Waals surface area contributed by atoms with E-state index in [1.807, 2.05) is 38.1 Å². The Morgan fingerprint density at radius 1 is 1.00 bits per heavy atom. The molecule has 6 nitrogen and oxygen atoms in total. The van der Waals surface area contributed by atoms with Crippen molar-refractivity contribution in [1.29, 1.82) is 0 Å². The van der Waals surface area contributed by atoms with Crippen LogP contribution in [0, 0.1) is 11.8 Å². The molecular weight excluding hydrogens is 342 g/mol. The van der Waals surface area contributed by atoms with Crippen molar-refractivity contribution in [2.24, 2.45) is 11.8 Å². The molecule has 27 heavy (non-hydrogen) atoms. The van der Waals surface area contributed by atoms with Crippen LogP contribution in [0.4, 0.5) is 11.4 Å². The Morgan fingerprint density at radius 3 is 2.22 bits per heavy atom. The van der Waals surface area contributed by atoms with Crippen LogP contribution in [0.1, 0.15) is 39.5 Å². The molecule has 0 bridgehead atoms. The molecule has 0 spiro atoms. The van der Waals surface area contributed by atoms with Crippen molar-refractivity contribution in [3.63, 3.8) is 0 Å². The molecule has 3 rings (SSSR count). The topological polar surface area (TPSA) is 70.7 Å². The molecule has 1 aliphatic heterocycles. The first-order valence-corrected chi connectivity index (χ1v) is 10.1. The van der Waals surface area contributed by atoms with E-state index < -0.39 is 0 Å². The van der Waals surface area contributed by atoms with E-state index in [0.29, 0.717) is 13.2 Å². The number of hydrogen-bond donors (Lipinski definition) is 2. The van der Waals surface area contributed by atoms with E-state index in [4.69, 9.17) is 4.74 Å². The number of anilines is 2. The van der Waals surface area contributed by atoms with Crippen molar-refractivity contribution in [3.8, 4) is 0 Å². The van der Waals surface area contributed by atoms with Crippen LogP contribution in [-0.2, 0) is 14.3 Å². The van der Waals surface area contributed by atoms with E-state index in [9.17, 15) is 9.59 Å². The molecule has 1 aromatic rings. The molecular formula is C21H31N3O3. The van der Waals surface area contributed by atoms with Gasteiger partial charge in [0.1, 0.15) is 0 Å². The number of morpholine rings is 1. The summed E-state index contributed by atoms with van der Waals surface area (Å²) in [7, 11) is 0. The number of carbonyl (C=O) groups excluding carboxylic acids is 2. The van der Waals surface area contributed by atoms with E-state index in [1.165, 1.54) is 0 Å². The minimum atomic E-state index is -0.0224. The van der Waals surface area contributed by atoms with E-state index in [1.54, 1.807) is 0 Å². The number of carbonyl (C=O) groups is 2. The molecule has 2 fully saturated rings. The lowest BCUT2D eigenvalue weighted by Crippen LogP contribution is -2.39. The molecule has 1 saturated heterocycles. The van der Waals surface area contributed by atoms with Crippen molar-refractivity contribution in [2.75, 3.05) is 36.5 Å². The highest BCUT2D eigenvalue weighted by molar-refractivity contribution is 5.96. The zero-order valence-electron chi connectivity index (χ0n) is 16.4. The largest absolute Gasteiger partial charge is 0.378 e. The fraction of sp³-hybridized carbons (Fsp3) is 0.619. The fourth-order valence-corrected chi connectivity index (χ4v) is 3.91. The van der Waals surface area contributed by atoms with Gasteiger partial charge in [-0.25, -0.2) is 0 Å². The van der Waals surface area contributed by atoms with Crippen LogP contribution < -0.4 is 15.5 Å². The van der Waals surface area contributed by atoms with Gasteiger partial charge in [0.2, 0.25) is 11.8 Å². The Labute approximate surface area is 161 Å². The Morgan fingerprint density at radius 2 is 1.59 bits per heavy atom. The molecule has 0 unspecified atom stereocenters. The minimum absolute atomic E-state index is 0.0224. The summed E-state index contributed by atoms with van der Waals surface area (Å²) in [5.41, 5.74) is 1.92. The highest BCUT2D eigenvalue weighted by Crippen LogP contribution is 2.32. The lowest BCUT2D eigenvalue weighted by molar-refractivity contribution is -0.128. The average Bonchev–Trinajstić information content (AvgIpc) is 2.68. The number of nitrogens with one attached hydrogen (secondary N) is 2. The first-order chi connectivity index (χ1) is 13.0. The van der Waals surface area contributed by atoms with Gasteiger partial charge in [-0.2, -0.15) is 0 Å². The number of amides is 2. The lowest BCUT2D eigenvalue weighted by Gasteiger charge is -2.31. The van der Waals surface area contributed by atoms with Crippen LogP contribution in [0.25, 0.3) is 0 Å². The second kappa shape index (κ2) is 9.22. The highest BCUT2D eigenvalue weighted by atomic mass is 16.5. The number of benzene rings is 1. The van der Waals surface area contributed by atoms with Crippen LogP contribution in [0.2, 0.25) is 0 Å². The standard InChI is InChI=1S/C21H31N3O3/c1-15(2)22-20(25)16-7-9-17(10-8-16)21(26)23-18-5-3-4-6-19(18)24-11-13-27-14-12-24/h3-6,15-17H,7-14H2,1-2H3,(H,22,25)(H,23,26). The third kappa shape index (κ3) is 5.22. The molecule has 1 aliphatic carbocycles. The zero-order valence-corrected chi connectivity index (χ0v) is 16.4. The Kier molecular flexibility index (Phi) is 6.72. The van der Waals surface area contributed by atoms with Crippen molar-refractivity contribution < 1.29 is 14.3 Å². The Balaban J connectivity index is 1.56. The smallest absolute Gasteiger partial charge is 0.227 e. The molecule has 2 aliphatic rings. The SMILES string of the molecule is CC(C)NC(=O)C1CCC(C(=O)Nc2ccccc2N2CCOCC2)CC1. The summed E-state index contributed by atoms with van der Waals surface area (Å²) >= 11 is 0. The van der Waals surface area contributed by atoms with E-state index in [0.717, 1.165) is 50.1 Å². The number of hydrogen-bond acceptors (Lipinski definition) is 4.